The summed E-state index contributed by atoms with van der Waals surface area (Å²) in [7, 11) is 0. The van der Waals surface area contributed by atoms with E-state index in [4.69, 9.17) is 4.74 Å². The van der Waals surface area contributed by atoms with Crippen LogP contribution in [0.3, 0.4) is 0 Å². The van der Waals surface area contributed by atoms with Gasteiger partial charge in [0.25, 0.3) is 5.82 Å². The average Bonchev–Trinajstić information content (AvgIpc) is 2.47. The third-order valence-electron chi connectivity index (χ3n) is 4.55. The summed E-state index contributed by atoms with van der Waals surface area (Å²) in [4.78, 5) is 3.47. The molecule has 1 fully saturated rings. The summed E-state index contributed by atoms with van der Waals surface area (Å²) < 4.78 is 5.83. The van der Waals surface area contributed by atoms with E-state index in [9.17, 15) is 5.26 Å². The SMILES string of the molecule is CC1(C)Cc2[nH+]c(NC3CCCCC3)c(C#N)cc2CO1. The van der Waals surface area contributed by atoms with E-state index in [2.05, 4.69) is 30.2 Å². The number of pyridine rings is 1. The van der Waals surface area contributed by atoms with E-state index in [0.717, 1.165) is 17.8 Å². The van der Waals surface area contributed by atoms with Crippen LogP contribution in [0.4, 0.5) is 5.82 Å². The van der Waals surface area contributed by atoms with Crippen LogP contribution in [0.2, 0.25) is 0 Å². The summed E-state index contributed by atoms with van der Waals surface area (Å²) in [5, 5.41) is 13.0. The number of H-pyrrole nitrogens is 1. The zero-order valence-electron chi connectivity index (χ0n) is 13.0. The first-order chi connectivity index (χ1) is 10.1. The van der Waals surface area contributed by atoms with Crippen molar-refractivity contribution in [3.63, 3.8) is 0 Å². The second kappa shape index (κ2) is 5.65. The number of hydrogen-bond donors (Lipinski definition) is 1. The van der Waals surface area contributed by atoms with Gasteiger partial charge in [0.05, 0.1) is 18.2 Å². The van der Waals surface area contributed by atoms with Gasteiger partial charge >= 0.3 is 0 Å². The van der Waals surface area contributed by atoms with Gasteiger partial charge < -0.3 is 4.74 Å². The van der Waals surface area contributed by atoms with Crippen molar-refractivity contribution >= 4 is 5.82 Å². The highest BCUT2D eigenvalue weighted by molar-refractivity contribution is 5.50. The number of anilines is 1. The lowest BCUT2D eigenvalue weighted by Crippen LogP contribution is -2.38. The molecule has 2 heterocycles. The van der Waals surface area contributed by atoms with E-state index >= 15 is 0 Å². The maximum atomic E-state index is 9.40. The van der Waals surface area contributed by atoms with E-state index in [0.29, 0.717) is 18.2 Å². The Kier molecular flexibility index (Phi) is 3.86. The lowest BCUT2D eigenvalue weighted by Gasteiger charge is -2.30. The maximum Gasteiger partial charge on any atom is 0.290 e. The minimum Gasteiger partial charge on any atom is -0.370 e. The quantitative estimate of drug-likeness (QED) is 0.909. The molecule has 2 N–H and O–H groups in total. The van der Waals surface area contributed by atoms with E-state index in [1.165, 1.54) is 37.8 Å². The van der Waals surface area contributed by atoms with Gasteiger partial charge in [-0.25, -0.2) is 4.98 Å². The third-order valence-corrected chi connectivity index (χ3v) is 4.55. The second-order valence-electron chi connectivity index (χ2n) is 6.88. The summed E-state index contributed by atoms with van der Waals surface area (Å²) in [6, 6.07) is 4.78. The molecular weight excluding hydrogens is 262 g/mol. The zero-order valence-corrected chi connectivity index (χ0v) is 13.0. The number of hydrogen-bond acceptors (Lipinski definition) is 3. The monoisotopic (exact) mass is 286 g/mol. The number of nitrogens with zero attached hydrogens (tertiary/aromatic N) is 1. The van der Waals surface area contributed by atoms with Crippen molar-refractivity contribution < 1.29 is 9.72 Å². The molecule has 0 atom stereocenters. The minimum absolute atomic E-state index is 0.139. The predicted molar refractivity (Wildman–Crippen MR) is 80.8 cm³/mol. The molecule has 1 aromatic heterocycles. The van der Waals surface area contributed by atoms with E-state index in [1.807, 2.05) is 6.07 Å². The van der Waals surface area contributed by atoms with Gasteiger partial charge in [-0.1, -0.05) is 6.42 Å². The molecule has 4 heteroatoms. The number of aromatic nitrogens is 1. The van der Waals surface area contributed by atoms with Crippen LogP contribution in [0.25, 0.3) is 0 Å². The Bertz CT molecular complexity index is 568. The average molecular weight is 286 g/mol. The Morgan fingerprint density at radius 3 is 2.81 bits per heavy atom. The normalized spacial score (nSPS) is 21.4. The molecule has 0 spiro atoms. The Morgan fingerprint density at radius 2 is 2.10 bits per heavy atom. The Balaban J connectivity index is 1.87. The first-order valence-electron chi connectivity index (χ1n) is 7.96. The van der Waals surface area contributed by atoms with Crippen LogP contribution in [0.1, 0.15) is 62.8 Å². The van der Waals surface area contributed by atoms with Gasteiger partial charge in [-0.15, -0.1) is 0 Å². The molecule has 0 radical (unpaired) electrons. The Hall–Kier alpha value is -1.60. The summed E-state index contributed by atoms with van der Waals surface area (Å²) in [5.41, 5.74) is 2.87. The number of fused-ring (bicyclic) bond motifs is 1. The van der Waals surface area contributed by atoms with Crippen molar-refractivity contribution in [1.82, 2.24) is 0 Å². The number of rotatable bonds is 2. The molecule has 1 aliphatic carbocycles. The largest absolute Gasteiger partial charge is 0.370 e. The lowest BCUT2D eigenvalue weighted by atomic mass is 9.94. The van der Waals surface area contributed by atoms with E-state index in [-0.39, 0.29) is 5.60 Å². The third kappa shape index (κ3) is 3.19. The fourth-order valence-corrected chi connectivity index (χ4v) is 3.32. The number of aromatic amines is 1. The molecule has 0 amide bonds. The fraction of sp³-hybridized carbons (Fsp3) is 0.647. The highest BCUT2D eigenvalue weighted by Gasteiger charge is 2.31. The van der Waals surface area contributed by atoms with Crippen LogP contribution in [-0.4, -0.2) is 11.6 Å². The van der Waals surface area contributed by atoms with Crippen LogP contribution in [0.5, 0.6) is 0 Å². The lowest BCUT2D eigenvalue weighted by molar-refractivity contribution is -0.381. The molecule has 1 aromatic rings. The molecule has 1 aliphatic heterocycles. The number of nitriles is 1. The summed E-state index contributed by atoms with van der Waals surface area (Å²) in [5.74, 6) is 0.890. The maximum absolute atomic E-state index is 9.40. The molecule has 21 heavy (non-hydrogen) atoms. The van der Waals surface area contributed by atoms with Crippen molar-refractivity contribution in [2.45, 2.75) is 70.6 Å². The van der Waals surface area contributed by atoms with Crippen molar-refractivity contribution in [3.05, 3.63) is 22.9 Å². The first kappa shape index (κ1) is 14.3. The highest BCUT2D eigenvalue weighted by atomic mass is 16.5. The second-order valence-corrected chi connectivity index (χ2v) is 6.88. The molecule has 3 rings (SSSR count). The van der Waals surface area contributed by atoms with Crippen LogP contribution >= 0.6 is 0 Å². The van der Waals surface area contributed by atoms with Gasteiger partial charge in [0.1, 0.15) is 17.3 Å². The molecule has 0 saturated heterocycles. The van der Waals surface area contributed by atoms with Gasteiger partial charge in [0.15, 0.2) is 0 Å². The van der Waals surface area contributed by atoms with E-state index in [1.54, 1.807) is 0 Å². The molecule has 0 bridgehead atoms. The molecule has 1 saturated carbocycles. The molecule has 0 unspecified atom stereocenters. The van der Waals surface area contributed by atoms with Crippen molar-refractivity contribution in [2.24, 2.45) is 0 Å². The molecular formula is C17H24N3O+. The zero-order chi connectivity index (χ0) is 14.9. The first-order valence-corrected chi connectivity index (χ1v) is 7.96. The summed E-state index contributed by atoms with van der Waals surface area (Å²) >= 11 is 0. The fourth-order valence-electron chi connectivity index (χ4n) is 3.32. The predicted octanol–water partition coefficient (Wildman–Crippen LogP) is 2.97. The van der Waals surface area contributed by atoms with Crippen LogP contribution < -0.4 is 10.3 Å². The van der Waals surface area contributed by atoms with Gasteiger partial charge in [-0.3, -0.25) is 5.32 Å². The number of ether oxygens (including phenoxy) is 1. The Morgan fingerprint density at radius 1 is 1.33 bits per heavy atom. The van der Waals surface area contributed by atoms with Crippen LogP contribution in [0.15, 0.2) is 6.07 Å². The van der Waals surface area contributed by atoms with Gasteiger partial charge in [-0.05, 0) is 45.6 Å². The standard InChI is InChI=1S/C17H23N3O/c1-17(2)9-15-13(11-21-17)8-12(10-18)16(20-15)19-14-6-4-3-5-7-14/h8,14H,3-7,9,11H2,1-2H3,(H,19,20)/p+1. The van der Waals surface area contributed by atoms with E-state index < -0.39 is 0 Å². The van der Waals surface area contributed by atoms with Crippen molar-refractivity contribution in [2.75, 3.05) is 5.32 Å². The molecule has 0 aromatic carbocycles. The summed E-state index contributed by atoms with van der Waals surface area (Å²) in [6.45, 7) is 4.80. The molecule has 4 nitrogen and oxygen atoms in total. The van der Waals surface area contributed by atoms with Crippen molar-refractivity contribution in [1.29, 1.82) is 5.26 Å². The molecule has 112 valence electrons. The van der Waals surface area contributed by atoms with Crippen molar-refractivity contribution in [3.8, 4) is 6.07 Å². The van der Waals surface area contributed by atoms with Gasteiger partial charge in [-0.2, -0.15) is 5.26 Å². The minimum atomic E-state index is -0.139. The Labute approximate surface area is 126 Å². The summed E-state index contributed by atoms with van der Waals surface area (Å²) in [6.07, 6.45) is 7.15. The van der Waals surface area contributed by atoms with Crippen LogP contribution in [0, 0.1) is 11.3 Å². The number of nitrogens with one attached hydrogen (secondary N) is 2. The molecule has 2 aliphatic rings. The topological polar surface area (TPSA) is 59.2 Å². The van der Waals surface area contributed by atoms with Gasteiger partial charge in [0.2, 0.25) is 0 Å². The smallest absolute Gasteiger partial charge is 0.290 e. The highest BCUT2D eigenvalue weighted by Crippen LogP contribution is 2.28. The van der Waals surface area contributed by atoms with Gasteiger partial charge in [0, 0.05) is 12.0 Å². The van der Waals surface area contributed by atoms with Crippen LogP contribution in [-0.2, 0) is 17.8 Å².